The number of rotatable bonds is 6. The Hall–Kier alpha value is -2.10. The minimum absolute atomic E-state index is 0.0539. The van der Waals surface area contributed by atoms with Gasteiger partial charge in [0.05, 0.1) is 11.1 Å². The molecule has 4 heteroatoms. The van der Waals surface area contributed by atoms with Gasteiger partial charge in [-0.1, -0.05) is 38.1 Å². The predicted molar refractivity (Wildman–Crippen MR) is 67.7 cm³/mol. The van der Waals surface area contributed by atoms with Crippen LogP contribution in [-0.2, 0) is 4.74 Å². The van der Waals surface area contributed by atoms with Crippen LogP contribution in [0.4, 0.5) is 0 Å². The van der Waals surface area contributed by atoms with E-state index >= 15 is 0 Å². The van der Waals surface area contributed by atoms with Gasteiger partial charge in [0.2, 0.25) is 0 Å². The Morgan fingerprint density at radius 3 is 2.50 bits per heavy atom. The van der Waals surface area contributed by atoms with Gasteiger partial charge in [0.1, 0.15) is 6.10 Å². The highest BCUT2D eigenvalue weighted by atomic mass is 16.5. The Balaban J connectivity index is 2.90. The first-order valence-corrected chi connectivity index (χ1v) is 5.76. The van der Waals surface area contributed by atoms with E-state index in [0.29, 0.717) is 6.42 Å². The van der Waals surface area contributed by atoms with Crippen LogP contribution in [0.1, 0.15) is 40.5 Å². The van der Waals surface area contributed by atoms with E-state index in [4.69, 9.17) is 9.84 Å². The van der Waals surface area contributed by atoms with Gasteiger partial charge in [0.15, 0.2) is 0 Å². The fraction of sp³-hybridized carbons (Fsp3) is 0.286. The van der Waals surface area contributed by atoms with E-state index in [2.05, 4.69) is 6.58 Å². The molecule has 96 valence electrons. The van der Waals surface area contributed by atoms with E-state index in [1.807, 2.05) is 6.92 Å². The number of aromatic carboxylic acids is 1. The molecule has 0 spiro atoms. The summed E-state index contributed by atoms with van der Waals surface area (Å²) in [7, 11) is 0. The van der Waals surface area contributed by atoms with Crippen LogP contribution in [0.2, 0.25) is 0 Å². The van der Waals surface area contributed by atoms with Crippen LogP contribution in [0.5, 0.6) is 0 Å². The lowest BCUT2D eigenvalue weighted by Gasteiger charge is -2.13. The number of hydrogen-bond acceptors (Lipinski definition) is 3. The van der Waals surface area contributed by atoms with Gasteiger partial charge in [-0.2, -0.15) is 0 Å². The lowest BCUT2D eigenvalue weighted by molar-refractivity contribution is 0.0373. The summed E-state index contributed by atoms with van der Waals surface area (Å²) in [6.07, 6.45) is 2.68. The first kappa shape index (κ1) is 14.0. The van der Waals surface area contributed by atoms with E-state index in [-0.39, 0.29) is 17.2 Å². The molecular weight excluding hydrogens is 232 g/mol. The third-order valence-corrected chi connectivity index (χ3v) is 2.47. The molecule has 1 aromatic rings. The molecule has 0 saturated carbocycles. The van der Waals surface area contributed by atoms with E-state index in [1.54, 1.807) is 18.2 Å². The van der Waals surface area contributed by atoms with Gasteiger partial charge in [-0.3, -0.25) is 0 Å². The van der Waals surface area contributed by atoms with E-state index in [1.165, 1.54) is 12.1 Å². The van der Waals surface area contributed by atoms with E-state index in [9.17, 15) is 9.59 Å². The molecule has 0 aliphatic heterocycles. The van der Waals surface area contributed by atoms with Crippen LogP contribution in [0.3, 0.4) is 0 Å². The molecule has 1 rings (SSSR count). The number of carbonyl (C=O) groups excluding carboxylic acids is 1. The summed E-state index contributed by atoms with van der Waals surface area (Å²) in [6.45, 7) is 5.56. The predicted octanol–water partition coefficient (Wildman–Crippen LogP) is 2.90. The fourth-order valence-electron chi connectivity index (χ4n) is 1.56. The minimum atomic E-state index is -1.15. The van der Waals surface area contributed by atoms with Crippen molar-refractivity contribution in [3.8, 4) is 0 Å². The zero-order valence-electron chi connectivity index (χ0n) is 10.3. The van der Waals surface area contributed by atoms with E-state index < -0.39 is 11.9 Å². The van der Waals surface area contributed by atoms with Crippen molar-refractivity contribution in [1.82, 2.24) is 0 Å². The van der Waals surface area contributed by atoms with Crippen molar-refractivity contribution in [2.75, 3.05) is 0 Å². The maximum Gasteiger partial charge on any atom is 0.339 e. The van der Waals surface area contributed by atoms with Gasteiger partial charge >= 0.3 is 11.9 Å². The monoisotopic (exact) mass is 248 g/mol. The molecule has 0 aliphatic carbocycles. The zero-order chi connectivity index (χ0) is 13.5. The second-order valence-electron chi connectivity index (χ2n) is 3.82. The lowest BCUT2D eigenvalue weighted by Crippen LogP contribution is -2.18. The number of ether oxygens (including phenoxy) is 1. The second kappa shape index (κ2) is 6.59. The number of carbonyl (C=O) groups is 2. The normalized spacial score (nSPS) is 11.6. The quantitative estimate of drug-likeness (QED) is 0.621. The van der Waals surface area contributed by atoms with Crippen LogP contribution in [-0.4, -0.2) is 23.1 Å². The van der Waals surface area contributed by atoms with Crippen LogP contribution in [0.15, 0.2) is 36.9 Å². The highest BCUT2D eigenvalue weighted by molar-refractivity contribution is 6.02. The van der Waals surface area contributed by atoms with E-state index in [0.717, 1.165) is 6.42 Å². The molecule has 0 bridgehead atoms. The average molecular weight is 248 g/mol. The van der Waals surface area contributed by atoms with Crippen LogP contribution in [0.25, 0.3) is 0 Å². The third kappa shape index (κ3) is 3.45. The summed E-state index contributed by atoms with van der Waals surface area (Å²) in [5.41, 5.74) is 0.00904. The molecule has 0 heterocycles. The highest BCUT2D eigenvalue weighted by Crippen LogP contribution is 2.13. The maximum absolute atomic E-state index is 11.9. The van der Waals surface area contributed by atoms with Gasteiger partial charge in [0, 0.05) is 0 Å². The first-order chi connectivity index (χ1) is 8.60. The number of carboxylic acids is 1. The number of benzene rings is 1. The second-order valence-corrected chi connectivity index (χ2v) is 3.82. The summed E-state index contributed by atoms with van der Waals surface area (Å²) in [6, 6.07) is 5.99. The third-order valence-electron chi connectivity index (χ3n) is 2.47. The highest BCUT2D eigenvalue weighted by Gasteiger charge is 2.19. The van der Waals surface area contributed by atoms with Crippen LogP contribution in [0, 0.1) is 0 Å². The first-order valence-electron chi connectivity index (χ1n) is 5.76. The molecule has 4 nitrogen and oxygen atoms in total. The molecule has 1 aromatic carbocycles. The van der Waals surface area contributed by atoms with Gasteiger partial charge < -0.3 is 9.84 Å². The average Bonchev–Trinajstić information content (AvgIpc) is 2.38. The summed E-state index contributed by atoms with van der Waals surface area (Å²) in [5, 5.41) is 8.98. The van der Waals surface area contributed by atoms with Crippen molar-refractivity contribution in [1.29, 1.82) is 0 Å². The smallest absolute Gasteiger partial charge is 0.339 e. The lowest BCUT2D eigenvalue weighted by atomic mass is 10.1. The summed E-state index contributed by atoms with van der Waals surface area (Å²) < 4.78 is 5.20. The van der Waals surface area contributed by atoms with Crippen LogP contribution < -0.4 is 0 Å². The largest absolute Gasteiger partial charge is 0.478 e. The Kier molecular flexibility index (Phi) is 5.11. The molecule has 1 atom stereocenters. The molecule has 0 saturated heterocycles. The summed E-state index contributed by atoms with van der Waals surface area (Å²) >= 11 is 0. The van der Waals surface area contributed by atoms with Crippen molar-refractivity contribution in [3.63, 3.8) is 0 Å². The van der Waals surface area contributed by atoms with Crippen LogP contribution >= 0.6 is 0 Å². The molecule has 0 unspecified atom stereocenters. The van der Waals surface area contributed by atoms with Gasteiger partial charge in [-0.05, 0) is 18.6 Å². The van der Waals surface area contributed by atoms with Crippen molar-refractivity contribution >= 4 is 11.9 Å². The van der Waals surface area contributed by atoms with Gasteiger partial charge in [-0.25, -0.2) is 9.59 Å². The fourth-order valence-corrected chi connectivity index (χ4v) is 1.56. The summed E-state index contributed by atoms with van der Waals surface area (Å²) in [4.78, 5) is 22.9. The topological polar surface area (TPSA) is 63.6 Å². The summed E-state index contributed by atoms with van der Waals surface area (Å²) in [5.74, 6) is -1.78. The Bertz CT molecular complexity index is 451. The van der Waals surface area contributed by atoms with Gasteiger partial charge in [-0.15, -0.1) is 0 Å². The van der Waals surface area contributed by atoms with Gasteiger partial charge in [0.25, 0.3) is 0 Å². The number of carboxylic acid groups (broad SMARTS) is 1. The molecule has 0 aromatic heterocycles. The Morgan fingerprint density at radius 1 is 1.39 bits per heavy atom. The Morgan fingerprint density at radius 2 is 2.00 bits per heavy atom. The maximum atomic E-state index is 11.9. The van der Waals surface area contributed by atoms with Crippen molar-refractivity contribution in [3.05, 3.63) is 48.0 Å². The zero-order valence-corrected chi connectivity index (χ0v) is 10.3. The van der Waals surface area contributed by atoms with Crippen molar-refractivity contribution in [2.24, 2.45) is 0 Å². The molecule has 0 amide bonds. The number of esters is 1. The molecule has 0 fully saturated rings. The number of hydrogen-bond donors (Lipinski definition) is 1. The molecular formula is C14H16O4. The standard InChI is InChI=1S/C14H16O4/c1-3-7-10(4-2)18-14(17)12-9-6-5-8-11(12)13(15)16/h4-6,8-10H,2-3,7H2,1H3,(H,15,16)/t10-/m1/s1. The molecule has 0 aliphatic rings. The van der Waals surface area contributed by atoms with Crippen molar-refractivity contribution in [2.45, 2.75) is 25.9 Å². The van der Waals surface area contributed by atoms with Crippen molar-refractivity contribution < 1.29 is 19.4 Å². The molecule has 18 heavy (non-hydrogen) atoms. The molecule has 0 radical (unpaired) electrons. The Labute approximate surface area is 106 Å². The minimum Gasteiger partial charge on any atom is -0.478 e. The molecule has 1 N–H and O–H groups in total. The SMILES string of the molecule is C=C[C@H](CCC)OC(=O)c1ccccc1C(=O)O.